The van der Waals surface area contributed by atoms with Crippen LogP contribution in [-0.4, -0.2) is 25.5 Å². The molecule has 1 N–H and O–H groups in total. The highest BCUT2D eigenvalue weighted by molar-refractivity contribution is 7.58. The molecule has 0 bridgehead atoms. The van der Waals surface area contributed by atoms with Crippen molar-refractivity contribution in [1.82, 2.24) is 0 Å². The third-order valence-electron chi connectivity index (χ3n) is 5.75. The van der Waals surface area contributed by atoms with Gasteiger partial charge in [0.1, 0.15) is 0 Å². The number of hydrogen-bond donors (Lipinski definition) is 1. The lowest BCUT2D eigenvalue weighted by Gasteiger charge is -2.43. The Morgan fingerprint density at radius 1 is 0.733 bits per heavy atom. The van der Waals surface area contributed by atoms with E-state index in [2.05, 4.69) is 109 Å². The zero-order valence-corrected chi connectivity index (χ0v) is 19.2. The number of nitrogens with one attached hydrogen (secondary N) is 1. The molecule has 0 aliphatic carbocycles. The van der Waals surface area contributed by atoms with Gasteiger partial charge in [-0.2, -0.15) is 0 Å². The van der Waals surface area contributed by atoms with E-state index in [0.717, 1.165) is 31.9 Å². The summed E-state index contributed by atoms with van der Waals surface area (Å²) in [6.45, 7) is 7.45. The van der Waals surface area contributed by atoms with E-state index in [9.17, 15) is 0 Å². The van der Waals surface area contributed by atoms with Crippen LogP contribution in [0.1, 0.15) is 23.6 Å². The maximum atomic E-state index is 3.70. The van der Waals surface area contributed by atoms with Crippen molar-refractivity contribution in [3.05, 3.63) is 89.5 Å². The van der Waals surface area contributed by atoms with Gasteiger partial charge in [0.15, 0.2) is 0 Å². The van der Waals surface area contributed by atoms with Gasteiger partial charge in [-0.15, -0.1) is 0 Å². The first kappa shape index (κ1) is 20.8. The molecule has 0 atom stereocenters. The van der Waals surface area contributed by atoms with Crippen molar-refractivity contribution >= 4 is 25.0 Å². The van der Waals surface area contributed by atoms with Gasteiger partial charge in [0.25, 0.3) is 0 Å². The van der Waals surface area contributed by atoms with Crippen LogP contribution in [0, 0.1) is 13.8 Å². The predicted molar refractivity (Wildman–Crippen MR) is 133 cm³/mol. The molecule has 0 amide bonds. The lowest BCUT2D eigenvalue weighted by atomic mass is 10.1. The molecule has 0 saturated carbocycles. The van der Waals surface area contributed by atoms with Gasteiger partial charge in [-0.05, 0) is 70.2 Å². The quantitative estimate of drug-likeness (QED) is 0.455. The van der Waals surface area contributed by atoms with Crippen LogP contribution in [0.3, 0.4) is 0 Å². The molecular formula is C26H32N3P. The van der Waals surface area contributed by atoms with Gasteiger partial charge in [0.2, 0.25) is 0 Å². The molecule has 1 fully saturated rings. The van der Waals surface area contributed by atoms with Gasteiger partial charge < -0.3 is 15.1 Å². The molecule has 1 aliphatic rings. The highest BCUT2D eigenvalue weighted by Crippen LogP contribution is 2.43. The summed E-state index contributed by atoms with van der Waals surface area (Å²) in [7, 11) is -0.207. The fourth-order valence-electron chi connectivity index (χ4n) is 3.82. The summed E-state index contributed by atoms with van der Waals surface area (Å²) in [4.78, 5) is 5.08. The molecule has 0 radical (unpaired) electrons. The van der Waals surface area contributed by atoms with Crippen molar-refractivity contribution < 1.29 is 0 Å². The zero-order chi connectivity index (χ0) is 20.9. The molecule has 1 saturated heterocycles. The van der Waals surface area contributed by atoms with Gasteiger partial charge in [0.05, 0.1) is 6.67 Å². The summed E-state index contributed by atoms with van der Waals surface area (Å²) in [5.41, 5.74) is 7.87. The molecule has 156 valence electrons. The average molecular weight is 418 g/mol. The van der Waals surface area contributed by atoms with Crippen LogP contribution in [0.25, 0.3) is 0 Å². The first-order valence-electron chi connectivity index (χ1n) is 10.8. The number of benzene rings is 3. The normalized spacial score (nSPS) is 14.8. The molecule has 0 unspecified atom stereocenters. The smallest absolute Gasteiger partial charge is 0.0910 e. The lowest BCUT2D eigenvalue weighted by Crippen LogP contribution is -2.44. The molecular weight excluding hydrogens is 385 g/mol. The molecule has 30 heavy (non-hydrogen) atoms. The number of rotatable bonds is 6. The van der Waals surface area contributed by atoms with E-state index < -0.39 is 0 Å². The fourth-order valence-corrected chi connectivity index (χ4v) is 5.99. The predicted octanol–water partition coefficient (Wildman–Crippen LogP) is 6.62. The van der Waals surface area contributed by atoms with E-state index in [0.29, 0.717) is 0 Å². The van der Waals surface area contributed by atoms with Crippen molar-refractivity contribution in [2.75, 3.05) is 40.6 Å². The second kappa shape index (κ2) is 9.53. The molecule has 1 heterocycles. The highest BCUT2D eigenvalue weighted by Gasteiger charge is 2.25. The monoisotopic (exact) mass is 417 g/mol. The molecule has 3 aromatic carbocycles. The third kappa shape index (κ3) is 5.15. The fraction of sp³-hybridized carbons (Fsp3) is 0.308. The highest BCUT2D eigenvalue weighted by atomic mass is 31.1. The second-order valence-electron chi connectivity index (χ2n) is 8.23. The Morgan fingerprint density at radius 2 is 1.23 bits per heavy atom. The topological polar surface area (TPSA) is 18.5 Å². The maximum absolute atomic E-state index is 3.70. The SMILES string of the molecule is CCc1ccc(NCP2CN(c3ccc(C)cc3)CN(c3ccc(C)cc3)C2)cc1. The zero-order valence-electron chi connectivity index (χ0n) is 18.3. The third-order valence-corrected chi connectivity index (χ3v) is 7.84. The van der Waals surface area contributed by atoms with E-state index >= 15 is 0 Å². The van der Waals surface area contributed by atoms with Crippen LogP contribution in [0.15, 0.2) is 72.8 Å². The Labute approximate surface area is 182 Å². The summed E-state index contributed by atoms with van der Waals surface area (Å²) >= 11 is 0. The van der Waals surface area contributed by atoms with Gasteiger partial charge in [-0.1, -0.05) is 54.4 Å². The van der Waals surface area contributed by atoms with Gasteiger partial charge >= 0.3 is 0 Å². The Hall–Kier alpha value is -2.51. The summed E-state index contributed by atoms with van der Waals surface area (Å²) in [5, 5.41) is 3.70. The molecule has 4 rings (SSSR count). The number of hydrogen-bond acceptors (Lipinski definition) is 3. The summed E-state index contributed by atoms with van der Waals surface area (Å²) in [6, 6.07) is 26.8. The lowest BCUT2D eigenvalue weighted by molar-refractivity contribution is 0.795. The van der Waals surface area contributed by atoms with E-state index in [1.54, 1.807) is 0 Å². The Bertz CT molecular complexity index is 882. The Kier molecular flexibility index (Phi) is 6.59. The first-order valence-corrected chi connectivity index (χ1v) is 12.7. The van der Waals surface area contributed by atoms with Crippen LogP contribution in [0.2, 0.25) is 0 Å². The minimum absolute atomic E-state index is 0.207. The van der Waals surface area contributed by atoms with Crippen molar-refractivity contribution in [2.45, 2.75) is 27.2 Å². The molecule has 3 nitrogen and oxygen atoms in total. The number of aryl methyl sites for hydroxylation is 3. The molecule has 4 heteroatoms. The number of anilines is 3. The minimum atomic E-state index is -0.207. The van der Waals surface area contributed by atoms with Crippen molar-refractivity contribution in [2.24, 2.45) is 0 Å². The van der Waals surface area contributed by atoms with E-state index in [1.807, 2.05) is 0 Å². The van der Waals surface area contributed by atoms with Crippen molar-refractivity contribution in [1.29, 1.82) is 0 Å². The van der Waals surface area contributed by atoms with Crippen molar-refractivity contribution in [3.63, 3.8) is 0 Å². The van der Waals surface area contributed by atoms with Crippen LogP contribution < -0.4 is 15.1 Å². The van der Waals surface area contributed by atoms with Gasteiger partial charge in [-0.25, -0.2) is 0 Å². The van der Waals surface area contributed by atoms with E-state index in [1.165, 1.54) is 33.8 Å². The molecule has 3 aromatic rings. The maximum Gasteiger partial charge on any atom is 0.0910 e. The average Bonchev–Trinajstić information content (AvgIpc) is 2.79. The van der Waals surface area contributed by atoms with Crippen molar-refractivity contribution in [3.8, 4) is 0 Å². The minimum Gasteiger partial charge on any atom is -0.381 e. The van der Waals surface area contributed by atoms with E-state index in [-0.39, 0.29) is 7.92 Å². The van der Waals surface area contributed by atoms with Crippen LogP contribution in [0.4, 0.5) is 17.1 Å². The van der Waals surface area contributed by atoms with Crippen LogP contribution in [-0.2, 0) is 6.42 Å². The van der Waals surface area contributed by atoms with Gasteiger partial charge in [-0.3, -0.25) is 0 Å². The first-order chi connectivity index (χ1) is 14.6. The Balaban J connectivity index is 1.50. The molecule has 0 aromatic heterocycles. The standard InChI is InChI=1S/C26H32N3P/c1-4-23-9-11-24(12-10-23)27-17-30-19-28(25-13-5-21(2)6-14-25)18-29(20-30)26-15-7-22(3)8-16-26/h5-16,27H,4,17-20H2,1-3H3. The number of nitrogens with zero attached hydrogens (tertiary/aromatic N) is 2. The van der Waals surface area contributed by atoms with Crippen LogP contribution in [0.5, 0.6) is 0 Å². The summed E-state index contributed by atoms with van der Waals surface area (Å²) in [6.07, 6.45) is 4.37. The van der Waals surface area contributed by atoms with Crippen LogP contribution >= 0.6 is 7.92 Å². The van der Waals surface area contributed by atoms with E-state index in [4.69, 9.17) is 0 Å². The summed E-state index contributed by atoms with van der Waals surface area (Å²) in [5.74, 6) is 0. The summed E-state index contributed by atoms with van der Waals surface area (Å²) < 4.78 is 0. The molecule has 1 aliphatic heterocycles. The Morgan fingerprint density at radius 3 is 1.70 bits per heavy atom. The largest absolute Gasteiger partial charge is 0.381 e. The molecule has 0 spiro atoms. The second-order valence-corrected chi connectivity index (χ2v) is 10.5. The van der Waals surface area contributed by atoms with Gasteiger partial charge in [0, 0.05) is 35.9 Å².